The van der Waals surface area contributed by atoms with Crippen LogP contribution in [0.2, 0.25) is 0 Å². The van der Waals surface area contributed by atoms with E-state index in [4.69, 9.17) is 0 Å². The van der Waals surface area contributed by atoms with E-state index in [1.54, 1.807) is 31.7 Å². The molecule has 36 heavy (non-hydrogen) atoms. The number of benzene rings is 1. The van der Waals surface area contributed by atoms with Gasteiger partial charge in [-0.1, -0.05) is 6.07 Å². The third-order valence-electron chi connectivity index (χ3n) is 7.28. The molecule has 3 N–H and O–H groups in total. The van der Waals surface area contributed by atoms with E-state index in [2.05, 4.69) is 45.5 Å². The van der Waals surface area contributed by atoms with Crippen LogP contribution in [-0.4, -0.2) is 46.4 Å². The van der Waals surface area contributed by atoms with Gasteiger partial charge in [0.2, 0.25) is 5.95 Å². The topological polar surface area (TPSA) is 106 Å². The molecule has 1 aliphatic carbocycles. The Morgan fingerprint density at radius 2 is 2.00 bits per heavy atom. The second kappa shape index (κ2) is 8.64. The lowest BCUT2D eigenvalue weighted by Crippen LogP contribution is -2.50. The predicted octanol–water partition coefficient (Wildman–Crippen LogP) is 5.12. The van der Waals surface area contributed by atoms with Crippen molar-refractivity contribution in [3.63, 3.8) is 0 Å². The first-order valence-corrected chi connectivity index (χ1v) is 14.9. The van der Waals surface area contributed by atoms with Gasteiger partial charge in [-0.15, -0.1) is 0 Å². The Balaban J connectivity index is 1.67. The zero-order chi connectivity index (χ0) is 25.9. The average molecular weight is 513 g/mol. The lowest BCUT2D eigenvalue weighted by atomic mass is 9.89. The summed E-state index contributed by atoms with van der Waals surface area (Å²) in [5.41, 5.74) is 1.80. The van der Waals surface area contributed by atoms with Crippen LogP contribution < -0.4 is 15.9 Å². The summed E-state index contributed by atoms with van der Waals surface area (Å²) in [7, 11) is -2.84. The number of rotatable bonds is 4. The van der Waals surface area contributed by atoms with Gasteiger partial charge in [0.05, 0.1) is 39.4 Å². The summed E-state index contributed by atoms with van der Waals surface area (Å²) in [5, 5.41) is 17.5. The van der Waals surface area contributed by atoms with Gasteiger partial charge in [-0.2, -0.15) is 5.26 Å². The minimum atomic E-state index is -3.05. The predicted molar refractivity (Wildman–Crippen MR) is 139 cm³/mol. The number of aromatic amines is 1. The van der Waals surface area contributed by atoms with E-state index in [1.165, 1.54) is 0 Å². The van der Waals surface area contributed by atoms with Gasteiger partial charge in [0, 0.05) is 41.7 Å². The number of nitriles is 1. The molecule has 2 aliphatic rings. The zero-order valence-corrected chi connectivity index (χ0v) is 21.9. The Bertz CT molecular complexity index is 1420. The minimum Gasteiger partial charge on any atom is -0.360 e. The van der Waals surface area contributed by atoms with E-state index < -0.39 is 13.1 Å². The summed E-state index contributed by atoms with van der Waals surface area (Å²) < 4.78 is 43.7. The third kappa shape index (κ3) is 4.42. The summed E-state index contributed by atoms with van der Waals surface area (Å²) >= 11 is 0. The summed E-state index contributed by atoms with van der Waals surface area (Å²) in [6, 6.07) is 5.53. The van der Waals surface area contributed by atoms with Crippen LogP contribution in [0.25, 0.3) is 22.2 Å². The highest BCUT2D eigenvalue weighted by atomic mass is 31.2. The van der Waals surface area contributed by atoms with Crippen LogP contribution in [0, 0.1) is 11.3 Å². The maximum absolute atomic E-state index is 15.3. The first kappa shape index (κ1) is 24.9. The molecule has 10 heteroatoms. The number of hydrogen-bond acceptors (Lipinski definition) is 6. The van der Waals surface area contributed by atoms with Crippen molar-refractivity contribution >= 4 is 29.3 Å². The molecule has 3 aromatic rings. The molecule has 0 amide bonds. The van der Waals surface area contributed by atoms with E-state index in [0.717, 1.165) is 19.4 Å². The largest absolute Gasteiger partial charge is 0.360 e. The molecule has 1 saturated heterocycles. The van der Waals surface area contributed by atoms with Crippen molar-refractivity contribution in [2.45, 2.75) is 63.5 Å². The quantitative estimate of drug-likeness (QED) is 0.419. The fourth-order valence-corrected chi connectivity index (χ4v) is 6.82. The third-order valence-corrected chi connectivity index (χ3v) is 8.82. The summed E-state index contributed by atoms with van der Waals surface area (Å²) in [4.78, 5) is 12.3. The molecular weight excluding hydrogens is 481 g/mol. The fraction of sp³-hybridized carbons (Fsp3) is 0.500. The van der Waals surface area contributed by atoms with Gasteiger partial charge >= 0.3 is 0 Å². The lowest BCUT2D eigenvalue weighted by molar-refractivity contribution is -0.0220. The van der Waals surface area contributed by atoms with E-state index in [-0.39, 0.29) is 29.3 Å². The van der Waals surface area contributed by atoms with Gasteiger partial charge in [-0.25, -0.2) is 18.7 Å². The van der Waals surface area contributed by atoms with E-state index in [0.29, 0.717) is 51.8 Å². The molecule has 0 saturated carbocycles. The second-order valence-corrected chi connectivity index (χ2v) is 14.1. The van der Waals surface area contributed by atoms with Crippen molar-refractivity contribution in [2.75, 3.05) is 25.2 Å². The molecule has 1 unspecified atom stereocenters. The van der Waals surface area contributed by atoms with Crippen LogP contribution in [-0.2, 0) is 16.9 Å². The Hall–Kier alpha value is -2.82. The number of fused-ring (bicyclic) bond motifs is 2. The number of anilines is 1. The number of H-pyrrole nitrogens is 1. The number of piperidine rings is 1. The van der Waals surface area contributed by atoms with E-state index in [1.807, 2.05) is 0 Å². The van der Waals surface area contributed by atoms with Gasteiger partial charge in [0.1, 0.15) is 7.14 Å². The smallest absolute Gasteiger partial charge is 0.277 e. The summed E-state index contributed by atoms with van der Waals surface area (Å²) in [5.74, 6) is -2.71. The zero-order valence-electron chi connectivity index (χ0n) is 21.0. The maximum atomic E-state index is 15.3. The molecule has 5 rings (SSSR count). The van der Waals surface area contributed by atoms with Crippen molar-refractivity contribution in [3.05, 3.63) is 35.2 Å². The number of nitrogens with one attached hydrogen (secondary N) is 3. The van der Waals surface area contributed by atoms with Crippen LogP contribution in [0.3, 0.4) is 0 Å². The van der Waals surface area contributed by atoms with Crippen molar-refractivity contribution in [1.29, 1.82) is 5.26 Å². The van der Waals surface area contributed by atoms with E-state index >= 15 is 8.78 Å². The molecule has 7 nitrogen and oxygen atoms in total. The molecule has 1 atom stereocenters. The van der Waals surface area contributed by atoms with Gasteiger partial charge < -0.3 is 20.2 Å². The first-order chi connectivity index (χ1) is 16.9. The Morgan fingerprint density at radius 1 is 1.22 bits per heavy atom. The second-order valence-electron chi connectivity index (χ2n) is 11.0. The fourth-order valence-electron chi connectivity index (χ4n) is 5.39. The van der Waals surface area contributed by atoms with Crippen LogP contribution in [0.15, 0.2) is 18.3 Å². The summed E-state index contributed by atoms with van der Waals surface area (Å²) in [6.45, 7) is 8.26. The van der Waals surface area contributed by atoms with Crippen molar-refractivity contribution in [1.82, 2.24) is 20.3 Å². The Morgan fingerprint density at radius 3 is 2.67 bits per heavy atom. The van der Waals surface area contributed by atoms with Gasteiger partial charge in [-0.3, -0.25) is 0 Å². The maximum Gasteiger partial charge on any atom is 0.277 e. The Labute approximate surface area is 209 Å². The molecule has 0 radical (unpaired) electrons. The molecule has 0 spiro atoms. The normalized spacial score (nSPS) is 21.1. The van der Waals surface area contributed by atoms with Crippen LogP contribution in [0.1, 0.15) is 56.4 Å². The lowest BCUT2D eigenvalue weighted by Gasteiger charge is -2.36. The average Bonchev–Trinajstić information content (AvgIpc) is 3.22. The highest BCUT2D eigenvalue weighted by Crippen LogP contribution is 2.46. The minimum absolute atomic E-state index is 0.0596. The van der Waals surface area contributed by atoms with Crippen LogP contribution in [0.5, 0.6) is 0 Å². The number of aromatic nitrogens is 3. The van der Waals surface area contributed by atoms with Gasteiger partial charge in [0.15, 0.2) is 0 Å². The van der Waals surface area contributed by atoms with E-state index in [9.17, 15) is 9.83 Å². The van der Waals surface area contributed by atoms with Crippen LogP contribution in [0.4, 0.5) is 14.7 Å². The van der Waals surface area contributed by atoms with Crippen LogP contribution >= 0.6 is 7.14 Å². The molecule has 3 heterocycles. The number of halogens is 2. The molecular formula is C26H31F2N6OP. The molecule has 190 valence electrons. The number of nitrogens with zero attached hydrogens (tertiary/aromatic N) is 3. The number of aryl methyl sites for hydroxylation is 1. The van der Waals surface area contributed by atoms with Crippen molar-refractivity contribution < 1.29 is 13.3 Å². The van der Waals surface area contributed by atoms with Crippen molar-refractivity contribution in [2.24, 2.45) is 0 Å². The van der Waals surface area contributed by atoms with Gasteiger partial charge in [-0.05, 0) is 58.9 Å². The standard InChI is InChI=1S/C26H31F2N6OP/c1-25(2)11-9-16(13-31-25)32-24-33-19-6-5-10-26(27,28)20(19)21(34-24)18-14-30-22-17(18)8-7-15(12-29)23(22)36(3,4)35/h7-8,14,16,30-31H,5-6,9-11,13H2,1-4H3,(H,32,33,34). The molecule has 2 aromatic heterocycles. The molecule has 0 bridgehead atoms. The first-order valence-electron chi connectivity index (χ1n) is 12.3. The molecule has 1 aromatic carbocycles. The highest BCUT2D eigenvalue weighted by Gasteiger charge is 2.42. The molecule has 1 fully saturated rings. The van der Waals surface area contributed by atoms with Crippen molar-refractivity contribution in [3.8, 4) is 17.3 Å². The van der Waals surface area contributed by atoms with Gasteiger partial charge in [0.25, 0.3) is 5.92 Å². The monoisotopic (exact) mass is 512 g/mol. The number of alkyl halides is 2. The summed E-state index contributed by atoms with van der Waals surface area (Å²) in [6.07, 6.45) is 4.08. The number of hydrogen-bond donors (Lipinski definition) is 3. The SMILES string of the molecule is CC1(C)CCC(Nc2nc3c(c(-c4c[nH]c5c(P(C)(C)=O)c(C#N)ccc45)n2)C(F)(F)CCC3)CN1. The Kier molecular flexibility index (Phi) is 5.96. The molecule has 1 aliphatic heterocycles. The highest BCUT2D eigenvalue weighted by molar-refractivity contribution is 7.70.